The molecule has 1 aromatic rings. The Morgan fingerprint density at radius 3 is 2.93 bits per heavy atom. The molecule has 0 spiro atoms. The van der Waals surface area contributed by atoms with Crippen molar-refractivity contribution in [3.05, 3.63) is 34.9 Å². The molecule has 1 aliphatic carbocycles. The Bertz CT molecular complexity index is 379. The van der Waals surface area contributed by atoms with Gasteiger partial charge in [-0.05, 0) is 36.1 Å². The summed E-state index contributed by atoms with van der Waals surface area (Å²) in [6.45, 7) is 0. The number of methoxy groups -OCH3 is 1. The van der Waals surface area contributed by atoms with Gasteiger partial charge in [0.1, 0.15) is 0 Å². The first kappa shape index (κ1) is 12.0. The summed E-state index contributed by atoms with van der Waals surface area (Å²) in [5, 5.41) is 0. The number of esters is 1. The smallest absolute Gasteiger partial charge is 0.337 e. The van der Waals surface area contributed by atoms with Crippen molar-refractivity contribution in [2.45, 2.75) is 18.9 Å². The number of carbonyl (C=O) groups is 1. The Kier molecular flexibility index (Phi) is 3.72. The summed E-state index contributed by atoms with van der Waals surface area (Å²) in [5.74, 6) is -0.284. The van der Waals surface area contributed by atoms with E-state index in [0.717, 1.165) is 18.4 Å². The fourth-order valence-electron chi connectivity index (χ4n) is 1.90. The van der Waals surface area contributed by atoms with Crippen molar-refractivity contribution < 1.29 is 9.53 Å². The molecule has 1 atom stereocenters. The summed E-state index contributed by atoms with van der Waals surface area (Å²) < 4.78 is 4.65. The van der Waals surface area contributed by atoms with E-state index in [0.29, 0.717) is 5.56 Å². The number of rotatable bonds is 1. The van der Waals surface area contributed by atoms with Gasteiger partial charge in [-0.3, -0.25) is 0 Å². The van der Waals surface area contributed by atoms with Gasteiger partial charge in [0.2, 0.25) is 0 Å². The first-order valence-corrected chi connectivity index (χ1v) is 4.69. The molecule has 3 nitrogen and oxygen atoms in total. The minimum atomic E-state index is -0.284. The Morgan fingerprint density at radius 2 is 2.27 bits per heavy atom. The highest BCUT2D eigenvalue weighted by atomic mass is 35.5. The average Bonchev–Trinajstić information content (AvgIpc) is 2.59. The van der Waals surface area contributed by atoms with Crippen LogP contribution in [0.5, 0.6) is 0 Å². The van der Waals surface area contributed by atoms with Gasteiger partial charge in [-0.1, -0.05) is 6.07 Å². The molecule has 0 unspecified atom stereocenters. The highest BCUT2D eigenvalue weighted by Gasteiger charge is 2.20. The lowest BCUT2D eigenvalue weighted by Crippen LogP contribution is -2.06. The largest absolute Gasteiger partial charge is 0.465 e. The molecule has 15 heavy (non-hydrogen) atoms. The number of nitrogens with two attached hydrogens (primary N) is 1. The maximum atomic E-state index is 11.2. The van der Waals surface area contributed by atoms with E-state index in [1.807, 2.05) is 12.1 Å². The van der Waals surface area contributed by atoms with Gasteiger partial charge >= 0.3 is 5.97 Å². The van der Waals surface area contributed by atoms with Crippen LogP contribution in [0.3, 0.4) is 0 Å². The van der Waals surface area contributed by atoms with E-state index in [9.17, 15) is 4.79 Å². The topological polar surface area (TPSA) is 52.3 Å². The van der Waals surface area contributed by atoms with Gasteiger partial charge in [0.25, 0.3) is 0 Å². The van der Waals surface area contributed by atoms with Crippen LogP contribution in [0, 0.1) is 0 Å². The quantitative estimate of drug-likeness (QED) is 0.745. The zero-order valence-electron chi connectivity index (χ0n) is 8.53. The monoisotopic (exact) mass is 227 g/mol. The first-order chi connectivity index (χ1) is 6.72. The maximum absolute atomic E-state index is 11.2. The molecule has 0 aromatic heterocycles. The molecule has 1 aliphatic rings. The molecule has 1 aromatic carbocycles. The SMILES string of the molecule is COC(=O)c1ccc2c(c1)CC[C@H]2N.Cl. The number of benzene rings is 1. The lowest BCUT2D eigenvalue weighted by atomic mass is 10.1. The van der Waals surface area contributed by atoms with Crippen LogP contribution < -0.4 is 5.73 Å². The summed E-state index contributed by atoms with van der Waals surface area (Å²) in [6, 6.07) is 5.72. The van der Waals surface area contributed by atoms with Gasteiger partial charge in [-0.2, -0.15) is 0 Å². The summed E-state index contributed by atoms with van der Waals surface area (Å²) in [4.78, 5) is 11.2. The molecule has 0 heterocycles. The van der Waals surface area contributed by atoms with Crippen molar-refractivity contribution in [2.75, 3.05) is 7.11 Å². The van der Waals surface area contributed by atoms with E-state index < -0.39 is 0 Å². The van der Waals surface area contributed by atoms with Crippen LogP contribution in [0.2, 0.25) is 0 Å². The molecule has 0 fully saturated rings. The lowest BCUT2D eigenvalue weighted by molar-refractivity contribution is 0.0600. The van der Waals surface area contributed by atoms with E-state index in [1.54, 1.807) is 6.07 Å². The van der Waals surface area contributed by atoms with Crippen LogP contribution in [-0.2, 0) is 11.2 Å². The zero-order valence-corrected chi connectivity index (χ0v) is 9.34. The Morgan fingerprint density at radius 1 is 1.53 bits per heavy atom. The summed E-state index contributed by atoms with van der Waals surface area (Å²) in [6.07, 6.45) is 1.93. The van der Waals surface area contributed by atoms with Crippen LogP contribution >= 0.6 is 12.4 Å². The van der Waals surface area contributed by atoms with Crippen molar-refractivity contribution in [1.29, 1.82) is 0 Å². The fraction of sp³-hybridized carbons (Fsp3) is 0.364. The van der Waals surface area contributed by atoms with Crippen molar-refractivity contribution in [3.8, 4) is 0 Å². The van der Waals surface area contributed by atoms with E-state index >= 15 is 0 Å². The molecular weight excluding hydrogens is 214 g/mol. The van der Waals surface area contributed by atoms with Crippen molar-refractivity contribution in [1.82, 2.24) is 0 Å². The summed E-state index contributed by atoms with van der Waals surface area (Å²) >= 11 is 0. The number of hydrogen-bond donors (Lipinski definition) is 1. The second kappa shape index (κ2) is 4.64. The van der Waals surface area contributed by atoms with E-state index in [-0.39, 0.29) is 24.4 Å². The van der Waals surface area contributed by atoms with E-state index in [1.165, 1.54) is 12.7 Å². The van der Waals surface area contributed by atoms with E-state index in [2.05, 4.69) is 4.74 Å². The molecule has 0 aliphatic heterocycles. The maximum Gasteiger partial charge on any atom is 0.337 e. The third kappa shape index (κ3) is 2.13. The predicted octanol–water partition coefficient (Wildman–Crippen LogP) is 1.84. The highest BCUT2D eigenvalue weighted by molar-refractivity contribution is 5.89. The third-order valence-corrected chi connectivity index (χ3v) is 2.69. The number of ether oxygens (including phenoxy) is 1. The Balaban J connectivity index is 0.00000112. The van der Waals surface area contributed by atoms with Crippen LogP contribution in [-0.4, -0.2) is 13.1 Å². The van der Waals surface area contributed by atoms with E-state index in [4.69, 9.17) is 5.73 Å². The fourth-order valence-corrected chi connectivity index (χ4v) is 1.90. The molecule has 0 radical (unpaired) electrons. The van der Waals surface area contributed by atoms with Crippen LogP contribution in [0.15, 0.2) is 18.2 Å². The number of hydrogen-bond acceptors (Lipinski definition) is 3. The standard InChI is InChI=1S/C11H13NO2.ClH/c1-14-11(13)8-2-4-9-7(6-8)3-5-10(9)12;/h2,4,6,10H,3,5,12H2,1H3;1H/t10-;/m1./s1. The number of carbonyl (C=O) groups excluding carboxylic acids is 1. The molecule has 4 heteroatoms. The van der Waals surface area contributed by atoms with Crippen LogP contribution in [0.25, 0.3) is 0 Å². The van der Waals surface area contributed by atoms with Crippen LogP contribution in [0.4, 0.5) is 0 Å². The molecule has 0 bridgehead atoms. The lowest BCUT2D eigenvalue weighted by Gasteiger charge is -2.05. The predicted molar refractivity (Wildman–Crippen MR) is 60.3 cm³/mol. The molecular formula is C11H14ClNO2. The Hall–Kier alpha value is -1.06. The van der Waals surface area contributed by atoms with Crippen molar-refractivity contribution in [3.63, 3.8) is 0 Å². The first-order valence-electron chi connectivity index (χ1n) is 4.69. The molecule has 0 saturated heterocycles. The summed E-state index contributed by atoms with van der Waals surface area (Å²) in [7, 11) is 1.39. The zero-order chi connectivity index (χ0) is 10.1. The molecule has 2 rings (SSSR count). The number of halogens is 1. The average molecular weight is 228 g/mol. The molecule has 2 N–H and O–H groups in total. The second-order valence-electron chi connectivity index (χ2n) is 3.55. The molecule has 82 valence electrons. The third-order valence-electron chi connectivity index (χ3n) is 2.69. The van der Waals surface area contributed by atoms with Gasteiger partial charge in [-0.15, -0.1) is 12.4 Å². The minimum Gasteiger partial charge on any atom is -0.465 e. The van der Waals surface area contributed by atoms with Gasteiger partial charge in [0.05, 0.1) is 12.7 Å². The molecule has 0 saturated carbocycles. The van der Waals surface area contributed by atoms with Crippen molar-refractivity contribution in [2.24, 2.45) is 5.73 Å². The molecule has 0 amide bonds. The Labute approximate surface area is 95.0 Å². The van der Waals surface area contributed by atoms with Gasteiger partial charge in [0.15, 0.2) is 0 Å². The summed E-state index contributed by atoms with van der Waals surface area (Å²) in [5.41, 5.74) is 8.85. The van der Waals surface area contributed by atoms with Crippen molar-refractivity contribution >= 4 is 18.4 Å². The second-order valence-corrected chi connectivity index (χ2v) is 3.55. The van der Waals surface area contributed by atoms with Gasteiger partial charge < -0.3 is 10.5 Å². The van der Waals surface area contributed by atoms with Gasteiger partial charge in [0, 0.05) is 6.04 Å². The normalized spacial score (nSPS) is 17.9. The van der Waals surface area contributed by atoms with Gasteiger partial charge in [-0.25, -0.2) is 4.79 Å². The minimum absolute atomic E-state index is 0. The number of fused-ring (bicyclic) bond motifs is 1. The highest BCUT2D eigenvalue weighted by Crippen LogP contribution is 2.29. The number of aryl methyl sites for hydroxylation is 1. The van der Waals surface area contributed by atoms with Crippen LogP contribution in [0.1, 0.15) is 33.9 Å².